The molecule has 2 aliphatic rings. The van der Waals surface area contributed by atoms with E-state index in [9.17, 15) is 9.90 Å². The van der Waals surface area contributed by atoms with Crippen molar-refractivity contribution in [2.75, 3.05) is 13.1 Å². The van der Waals surface area contributed by atoms with Crippen LogP contribution in [0, 0.1) is 0 Å². The molecular weight excluding hydrogens is 306 g/mol. The van der Waals surface area contributed by atoms with E-state index in [1.54, 1.807) is 6.07 Å². The van der Waals surface area contributed by atoms with Gasteiger partial charge in [0.15, 0.2) is 5.58 Å². The molecule has 1 saturated heterocycles. The predicted molar refractivity (Wildman–Crippen MR) is 90.6 cm³/mol. The molecule has 2 N–H and O–H groups in total. The summed E-state index contributed by atoms with van der Waals surface area (Å²) in [6, 6.07) is 3.63. The normalized spacial score (nSPS) is 26.7. The van der Waals surface area contributed by atoms with E-state index in [4.69, 9.17) is 9.15 Å². The lowest BCUT2D eigenvalue weighted by molar-refractivity contribution is -0.928. The van der Waals surface area contributed by atoms with Crippen molar-refractivity contribution in [3.8, 4) is 5.75 Å². The minimum Gasteiger partial charge on any atom is -0.507 e. The van der Waals surface area contributed by atoms with Crippen LogP contribution >= 0.6 is 0 Å². The molecule has 5 heteroatoms. The number of morpholine rings is 1. The monoisotopic (exact) mass is 330 g/mol. The fourth-order valence-corrected chi connectivity index (χ4v) is 4.35. The highest BCUT2D eigenvalue weighted by Crippen LogP contribution is 2.32. The van der Waals surface area contributed by atoms with Crippen LogP contribution < -0.4 is 10.5 Å². The maximum absolute atomic E-state index is 12.3. The number of hydrogen-bond donors (Lipinski definition) is 2. The zero-order chi connectivity index (χ0) is 16.8. The van der Waals surface area contributed by atoms with Crippen LogP contribution in [0.25, 0.3) is 11.0 Å². The van der Waals surface area contributed by atoms with Crippen LogP contribution in [0.15, 0.2) is 21.3 Å². The molecule has 0 saturated carbocycles. The first-order valence-electron chi connectivity index (χ1n) is 8.81. The van der Waals surface area contributed by atoms with Gasteiger partial charge in [-0.05, 0) is 50.8 Å². The van der Waals surface area contributed by atoms with Crippen molar-refractivity contribution < 1.29 is 19.2 Å². The molecule has 0 unspecified atom stereocenters. The molecule has 1 aliphatic heterocycles. The lowest BCUT2D eigenvalue weighted by Gasteiger charge is -2.32. The Bertz CT molecular complexity index is 831. The van der Waals surface area contributed by atoms with Crippen LogP contribution in [0.4, 0.5) is 0 Å². The molecule has 0 amide bonds. The van der Waals surface area contributed by atoms with Crippen LogP contribution in [0.1, 0.15) is 37.0 Å². The van der Waals surface area contributed by atoms with Crippen LogP contribution in [0.2, 0.25) is 0 Å². The van der Waals surface area contributed by atoms with Gasteiger partial charge in [0.2, 0.25) is 0 Å². The van der Waals surface area contributed by atoms with Gasteiger partial charge in [0.05, 0.1) is 5.56 Å². The lowest BCUT2D eigenvalue weighted by Crippen LogP contribution is -3.14. The number of ether oxygens (including phenoxy) is 1. The van der Waals surface area contributed by atoms with Gasteiger partial charge in [-0.2, -0.15) is 0 Å². The zero-order valence-corrected chi connectivity index (χ0v) is 14.2. The van der Waals surface area contributed by atoms with Gasteiger partial charge in [0, 0.05) is 10.9 Å². The van der Waals surface area contributed by atoms with Gasteiger partial charge in [-0.3, -0.25) is 0 Å². The predicted octanol–water partition coefficient (Wildman–Crippen LogP) is 1.18. The van der Waals surface area contributed by atoms with Gasteiger partial charge in [0.25, 0.3) is 0 Å². The van der Waals surface area contributed by atoms with Crippen LogP contribution in [0.5, 0.6) is 5.75 Å². The molecule has 24 heavy (non-hydrogen) atoms. The SMILES string of the molecule is C[C@@H]1C[NH+](Cc2c(O)ccc3c4c(c(=O)oc23)CCC4)C[C@@H](C)O1. The van der Waals surface area contributed by atoms with E-state index in [1.807, 2.05) is 6.07 Å². The van der Waals surface area contributed by atoms with E-state index in [0.29, 0.717) is 12.1 Å². The Morgan fingerprint density at radius 3 is 2.62 bits per heavy atom. The molecule has 128 valence electrons. The summed E-state index contributed by atoms with van der Waals surface area (Å²) in [4.78, 5) is 13.6. The summed E-state index contributed by atoms with van der Waals surface area (Å²) in [6.07, 6.45) is 3.10. The van der Waals surface area contributed by atoms with Crippen molar-refractivity contribution >= 4 is 11.0 Å². The Labute approximate surface area is 140 Å². The highest BCUT2D eigenvalue weighted by atomic mass is 16.5. The molecule has 0 bridgehead atoms. The van der Waals surface area contributed by atoms with Crippen molar-refractivity contribution in [1.29, 1.82) is 0 Å². The second-order valence-corrected chi connectivity index (χ2v) is 7.23. The number of rotatable bonds is 2. The van der Waals surface area contributed by atoms with Crippen molar-refractivity contribution in [3.63, 3.8) is 0 Å². The first kappa shape index (κ1) is 15.7. The molecule has 1 aromatic heterocycles. The molecular formula is C19H24NO4+. The third-order valence-electron chi connectivity index (χ3n) is 5.26. The fourth-order valence-electron chi connectivity index (χ4n) is 4.35. The summed E-state index contributed by atoms with van der Waals surface area (Å²) < 4.78 is 11.4. The fraction of sp³-hybridized carbons (Fsp3) is 0.526. The van der Waals surface area contributed by atoms with Crippen molar-refractivity contribution in [3.05, 3.63) is 39.2 Å². The van der Waals surface area contributed by atoms with E-state index >= 15 is 0 Å². The number of phenolic OH excluding ortho intramolecular Hbond substituents is 1. The number of phenols is 1. The minimum absolute atomic E-state index is 0.192. The summed E-state index contributed by atoms with van der Waals surface area (Å²) >= 11 is 0. The largest absolute Gasteiger partial charge is 0.507 e. The molecule has 4 rings (SSSR count). The number of aromatic hydroxyl groups is 1. The topological polar surface area (TPSA) is 64.1 Å². The Morgan fingerprint density at radius 1 is 1.17 bits per heavy atom. The van der Waals surface area contributed by atoms with Gasteiger partial charge in [-0.15, -0.1) is 0 Å². The van der Waals surface area contributed by atoms with Gasteiger partial charge in [0.1, 0.15) is 37.6 Å². The summed E-state index contributed by atoms with van der Waals surface area (Å²) in [7, 11) is 0. The van der Waals surface area contributed by atoms with Gasteiger partial charge in [-0.1, -0.05) is 0 Å². The van der Waals surface area contributed by atoms with E-state index in [0.717, 1.165) is 54.4 Å². The first-order valence-corrected chi connectivity index (χ1v) is 8.81. The molecule has 0 radical (unpaired) electrons. The summed E-state index contributed by atoms with van der Waals surface area (Å²) in [5.41, 5.74) is 3.01. The standard InChI is InChI=1S/C19H23NO4/c1-11-8-20(9-12(2)23-11)10-16-17(21)7-6-14-13-4-3-5-15(13)19(22)24-18(14)16/h6-7,11-12,21H,3-5,8-10H2,1-2H3/p+1/t11-,12-/m1/s1. The van der Waals surface area contributed by atoms with E-state index in [1.165, 1.54) is 4.90 Å². The van der Waals surface area contributed by atoms with Crippen molar-refractivity contribution in [2.45, 2.75) is 51.9 Å². The lowest BCUT2D eigenvalue weighted by atomic mass is 10.0. The van der Waals surface area contributed by atoms with E-state index in [-0.39, 0.29) is 23.6 Å². The third kappa shape index (κ3) is 2.62. The molecule has 2 aromatic rings. The number of nitrogens with one attached hydrogen (secondary N) is 1. The molecule has 5 nitrogen and oxygen atoms in total. The van der Waals surface area contributed by atoms with Crippen LogP contribution in [-0.4, -0.2) is 30.4 Å². The molecule has 1 fully saturated rings. The van der Waals surface area contributed by atoms with Gasteiger partial charge < -0.3 is 19.2 Å². The quantitative estimate of drug-likeness (QED) is 0.812. The minimum atomic E-state index is -0.236. The second kappa shape index (κ2) is 5.90. The highest BCUT2D eigenvalue weighted by Gasteiger charge is 2.28. The summed E-state index contributed by atoms with van der Waals surface area (Å²) in [6.45, 7) is 6.56. The van der Waals surface area contributed by atoms with E-state index < -0.39 is 0 Å². The third-order valence-corrected chi connectivity index (χ3v) is 5.26. The van der Waals surface area contributed by atoms with Crippen LogP contribution in [-0.2, 0) is 24.1 Å². The van der Waals surface area contributed by atoms with Gasteiger partial charge in [-0.25, -0.2) is 4.79 Å². The number of fused-ring (bicyclic) bond motifs is 3. The Balaban J connectivity index is 1.79. The molecule has 1 aromatic carbocycles. The van der Waals surface area contributed by atoms with Crippen LogP contribution in [0.3, 0.4) is 0 Å². The smallest absolute Gasteiger partial charge is 0.339 e. The Kier molecular flexibility index (Phi) is 3.85. The Morgan fingerprint density at radius 2 is 1.88 bits per heavy atom. The molecule has 2 atom stereocenters. The Hall–Kier alpha value is -1.85. The summed E-state index contributed by atoms with van der Waals surface area (Å²) in [5, 5.41) is 11.4. The van der Waals surface area contributed by atoms with E-state index in [2.05, 4.69) is 13.8 Å². The second-order valence-electron chi connectivity index (χ2n) is 7.23. The number of benzene rings is 1. The molecule has 1 aliphatic carbocycles. The van der Waals surface area contributed by atoms with Crippen molar-refractivity contribution in [2.24, 2.45) is 0 Å². The molecule has 0 spiro atoms. The highest BCUT2D eigenvalue weighted by molar-refractivity contribution is 5.86. The number of aryl methyl sites for hydroxylation is 1. The van der Waals surface area contributed by atoms with Gasteiger partial charge >= 0.3 is 5.63 Å². The average molecular weight is 330 g/mol. The number of hydrogen-bond acceptors (Lipinski definition) is 4. The first-order chi connectivity index (χ1) is 11.5. The maximum atomic E-state index is 12.3. The number of quaternary nitrogens is 1. The van der Waals surface area contributed by atoms with Crippen molar-refractivity contribution in [1.82, 2.24) is 0 Å². The summed E-state index contributed by atoms with van der Waals surface area (Å²) in [5.74, 6) is 0.211. The maximum Gasteiger partial charge on any atom is 0.339 e. The average Bonchev–Trinajstić information content (AvgIpc) is 3.00. The molecule has 2 heterocycles. The zero-order valence-electron chi connectivity index (χ0n) is 14.2.